The number of halogens is 2. The van der Waals surface area contributed by atoms with E-state index in [1.165, 1.54) is 23.5 Å². The van der Waals surface area contributed by atoms with Crippen LogP contribution in [0, 0.1) is 12.7 Å². The highest BCUT2D eigenvalue weighted by Crippen LogP contribution is 2.28. The summed E-state index contributed by atoms with van der Waals surface area (Å²) in [4.78, 5) is 22.3. The summed E-state index contributed by atoms with van der Waals surface area (Å²) in [5.41, 5.74) is 2.76. The number of aryl methyl sites for hydroxylation is 1. The van der Waals surface area contributed by atoms with E-state index in [0.29, 0.717) is 15.5 Å². The fourth-order valence-electron chi connectivity index (χ4n) is 2.58. The van der Waals surface area contributed by atoms with E-state index < -0.39 is 0 Å². The van der Waals surface area contributed by atoms with Gasteiger partial charge in [0.1, 0.15) is 10.7 Å². The van der Waals surface area contributed by atoms with E-state index in [1.54, 1.807) is 30.5 Å². The molecule has 1 amide bonds. The van der Waals surface area contributed by atoms with Gasteiger partial charge in [0.15, 0.2) is 10.1 Å². The van der Waals surface area contributed by atoms with Crippen LogP contribution in [0.1, 0.15) is 15.4 Å². The molecule has 0 saturated heterocycles. The van der Waals surface area contributed by atoms with Crippen molar-refractivity contribution < 1.29 is 9.18 Å². The number of nitrogens with one attached hydrogen (secondary N) is 1. The third-order valence-electron chi connectivity index (χ3n) is 3.91. The van der Waals surface area contributed by atoms with Gasteiger partial charge in [-0.15, -0.1) is 0 Å². The predicted molar refractivity (Wildman–Crippen MR) is 100 cm³/mol. The van der Waals surface area contributed by atoms with Crippen molar-refractivity contribution in [1.82, 2.24) is 14.4 Å². The van der Waals surface area contributed by atoms with E-state index in [-0.39, 0.29) is 16.9 Å². The summed E-state index contributed by atoms with van der Waals surface area (Å²) in [5.74, 6) is -0.560. The van der Waals surface area contributed by atoms with Gasteiger partial charge >= 0.3 is 0 Å². The predicted octanol–water partition coefficient (Wildman–Crippen LogP) is 4.81. The molecule has 130 valence electrons. The Labute approximate surface area is 157 Å². The van der Waals surface area contributed by atoms with Crippen LogP contribution >= 0.6 is 22.9 Å². The number of anilines is 1. The second-order valence-electron chi connectivity index (χ2n) is 5.60. The molecule has 1 N–H and O–H groups in total. The molecule has 0 saturated carbocycles. The number of pyridine rings is 1. The number of amides is 1. The van der Waals surface area contributed by atoms with Crippen LogP contribution in [0.2, 0.25) is 5.15 Å². The van der Waals surface area contributed by atoms with Crippen LogP contribution in [0.3, 0.4) is 0 Å². The smallest absolute Gasteiger partial charge is 0.267 e. The zero-order valence-corrected chi connectivity index (χ0v) is 15.1. The lowest BCUT2D eigenvalue weighted by molar-refractivity contribution is 0.102. The monoisotopic (exact) mass is 386 g/mol. The van der Waals surface area contributed by atoms with Crippen LogP contribution in [-0.2, 0) is 0 Å². The van der Waals surface area contributed by atoms with Gasteiger partial charge in [-0.2, -0.15) is 0 Å². The Bertz CT molecular complexity index is 1120. The molecule has 3 heterocycles. The van der Waals surface area contributed by atoms with Crippen molar-refractivity contribution in [1.29, 1.82) is 0 Å². The molecule has 3 aromatic heterocycles. The van der Waals surface area contributed by atoms with Crippen molar-refractivity contribution in [3.63, 3.8) is 0 Å². The van der Waals surface area contributed by atoms with Gasteiger partial charge in [0, 0.05) is 23.7 Å². The molecule has 8 heteroatoms. The zero-order chi connectivity index (χ0) is 18.3. The number of carbonyl (C=O) groups excluding carboxylic acids is 1. The quantitative estimate of drug-likeness (QED) is 0.514. The number of fused-ring (bicyclic) bond motifs is 1. The van der Waals surface area contributed by atoms with Gasteiger partial charge in [0.05, 0.1) is 11.4 Å². The summed E-state index contributed by atoms with van der Waals surface area (Å²) in [6, 6.07) is 9.53. The molecule has 0 aliphatic heterocycles. The Morgan fingerprint density at radius 2 is 2.04 bits per heavy atom. The van der Waals surface area contributed by atoms with Crippen molar-refractivity contribution in [2.24, 2.45) is 0 Å². The maximum absolute atomic E-state index is 13.1. The van der Waals surface area contributed by atoms with Gasteiger partial charge in [-0.3, -0.25) is 9.20 Å². The summed E-state index contributed by atoms with van der Waals surface area (Å²) in [6.45, 7) is 1.85. The first-order valence-corrected chi connectivity index (χ1v) is 8.88. The maximum Gasteiger partial charge on any atom is 0.267 e. The van der Waals surface area contributed by atoms with Crippen LogP contribution in [0.5, 0.6) is 0 Å². The highest BCUT2D eigenvalue weighted by molar-refractivity contribution is 7.19. The summed E-state index contributed by atoms with van der Waals surface area (Å²) in [5, 5.41) is 3.00. The molecule has 0 aliphatic rings. The number of aromatic nitrogens is 3. The normalized spacial score (nSPS) is 11.0. The van der Waals surface area contributed by atoms with E-state index >= 15 is 0 Å². The molecule has 0 aliphatic carbocycles. The summed E-state index contributed by atoms with van der Waals surface area (Å²) >= 11 is 7.26. The first kappa shape index (κ1) is 16.7. The lowest BCUT2D eigenvalue weighted by atomic mass is 10.2. The molecule has 0 fully saturated rings. The average Bonchev–Trinajstić information content (AvgIpc) is 3.17. The standard InChI is InChI=1S/C18H12ClFN4OS/c1-10-15(17(25)22-13-3-2-8-21-16(13)19)26-18-23-14(9-24(10)18)11-4-6-12(20)7-5-11/h2-9H,1H3,(H,22,25). The number of nitrogens with zero attached hydrogens (tertiary/aromatic N) is 3. The first-order valence-electron chi connectivity index (χ1n) is 7.69. The minimum atomic E-state index is -0.293. The number of thiazole rings is 1. The van der Waals surface area contributed by atoms with Gasteiger partial charge in [0.25, 0.3) is 5.91 Å². The second-order valence-corrected chi connectivity index (χ2v) is 6.93. The SMILES string of the molecule is Cc1c(C(=O)Nc2cccnc2Cl)sc2nc(-c3ccc(F)cc3)cn12. The topological polar surface area (TPSA) is 59.3 Å². The average molecular weight is 387 g/mol. The third-order valence-corrected chi connectivity index (χ3v) is 5.37. The molecule has 26 heavy (non-hydrogen) atoms. The Morgan fingerprint density at radius 1 is 1.27 bits per heavy atom. The highest BCUT2D eigenvalue weighted by Gasteiger charge is 2.19. The molecule has 0 radical (unpaired) electrons. The summed E-state index contributed by atoms with van der Waals surface area (Å²) in [6.07, 6.45) is 3.39. The van der Waals surface area contributed by atoms with Gasteiger partial charge in [-0.05, 0) is 43.3 Å². The number of carbonyl (C=O) groups is 1. The van der Waals surface area contributed by atoms with Gasteiger partial charge in [-0.1, -0.05) is 22.9 Å². The Kier molecular flexibility index (Phi) is 4.18. The van der Waals surface area contributed by atoms with E-state index in [9.17, 15) is 9.18 Å². The van der Waals surface area contributed by atoms with Gasteiger partial charge in [-0.25, -0.2) is 14.4 Å². The molecule has 5 nitrogen and oxygen atoms in total. The summed E-state index contributed by atoms with van der Waals surface area (Å²) in [7, 11) is 0. The van der Waals surface area contributed by atoms with Gasteiger partial charge in [0.2, 0.25) is 0 Å². The van der Waals surface area contributed by atoms with Crippen molar-refractivity contribution in [3.8, 4) is 11.3 Å². The van der Waals surface area contributed by atoms with Crippen LogP contribution < -0.4 is 5.32 Å². The van der Waals surface area contributed by atoms with Crippen LogP contribution in [0.4, 0.5) is 10.1 Å². The van der Waals surface area contributed by atoms with Crippen molar-refractivity contribution in [2.75, 3.05) is 5.32 Å². The molecule has 4 aromatic rings. The highest BCUT2D eigenvalue weighted by atomic mass is 35.5. The third kappa shape index (κ3) is 2.95. The number of hydrogen-bond donors (Lipinski definition) is 1. The number of hydrogen-bond acceptors (Lipinski definition) is 4. The number of imidazole rings is 1. The minimum absolute atomic E-state index is 0.235. The number of benzene rings is 1. The zero-order valence-electron chi connectivity index (χ0n) is 13.5. The Balaban J connectivity index is 1.66. The second kappa shape index (κ2) is 6.51. The molecular weight excluding hydrogens is 375 g/mol. The van der Waals surface area contributed by atoms with Gasteiger partial charge < -0.3 is 5.32 Å². The van der Waals surface area contributed by atoms with E-state index in [4.69, 9.17) is 11.6 Å². The van der Waals surface area contributed by atoms with Crippen molar-refractivity contribution in [3.05, 3.63) is 70.3 Å². The molecular formula is C18H12ClFN4OS. The van der Waals surface area contributed by atoms with E-state index in [2.05, 4.69) is 15.3 Å². The molecule has 0 bridgehead atoms. The fraction of sp³-hybridized carbons (Fsp3) is 0.0556. The lowest BCUT2D eigenvalue weighted by Crippen LogP contribution is -2.12. The summed E-state index contributed by atoms with van der Waals surface area (Å²) < 4.78 is 14.9. The lowest BCUT2D eigenvalue weighted by Gasteiger charge is -2.05. The Morgan fingerprint density at radius 3 is 2.73 bits per heavy atom. The first-order chi connectivity index (χ1) is 12.5. The van der Waals surface area contributed by atoms with Crippen LogP contribution in [0.25, 0.3) is 16.2 Å². The van der Waals surface area contributed by atoms with Crippen LogP contribution in [-0.4, -0.2) is 20.3 Å². The Hall–Kier alpha value is -2.77. The largest absolute Gasteiger partial charge is 0.319 e. The van der Waals surface area contributed by atoms with E-state index in [1.807, 2.05) is 17.5 Å². The van der Waals surface area contributed by atoms with E-state index in [0.717, 1.165) is 17.0 Å². The molecule has 0 spiro atoms. The number of rotatable bonds is 3. The van der Waals surface area contributed by atoms with Crippen LogP contribution in [0.15, 0.2) is 48.8 Å². The molecule has 0 unspecified atom stereocenters. The van der Waals surface area contributed by atoms with Crippen molar-refractivity contribution in [2.45, 2.75) is 6.92 Å². The minimum Gasteiger partial charge on any atom is -0.319 e. The molecule has 4 rings (SSSR count). The molecule has 0 atom stereocenters. The fourth-order valence-corrected chi connectivity index (χ4v) is 3.75. The molecule has 1 aromatic carbocycles. The van der Waals surface area contributed by atoms with Crippen molar-refractivity contribution >= 4 is 39.5 Å². The maximum atomic E-state index is 13.1.